The van der Waals surface area contributed by atoms with Gasteiger partial charge in [0.15, 0.2) is 0 Å². The van der Waals surface area contributed by atoms with E-state index in [9.17, 15) is 0 Å². The van der Waals surface area contributed by atoms with Gasteiger partial charge in [-0.1, -0.05) is 31.4 Å². The quantitative estimate of drug-likeness (QED) is 0.744. The van der Waals surface area contributed by atoms with E-state index in [1.165, 1.54) is 50.9 Å². The Kier molecular flexibility index (Phi) is 7.31. The first-order valence-corrected chi connectivity index (χ1v) is 8.57. The molecule has 0 aliphatic carbocycles. The van der Waals surface area contributed by atoms with Crippen LogP contribution in [0.4, 0.5) is 0 Å². The van der Waals surface area contributed by atoms with Crippen LogP contribution in [0.5, 0.6) is 0 Å². The second-order valence-corrected chi connectivity index (χ2v) is 6.37. The molecule has 0 N–H and O–H groups in total. The summed E-state index contributed by atoms with van der Waals surface area (Å²) in [6.45, 7) is 10.3. The molecule has 2 aliphatic heterocycles. The summed E-state index contributed by atoms with van der Waals surface area (Å²) in [5, 5.41) is 0. The number of likely N-dealkylation sites (tertiary alicyclic amines) is 1. The monoisotopic (exact) mass is 293 g/mol. The fourth-order valence-corrected chi connectivity index (χ4v) is 3.10. The summed E-state index contributed by atoms with van der Waals surface area (Å²) in [6, 6.07) is 0. The third-order valence-corrected chi connectivity index (χ3v) is 4.54. The molecule has 0 radical (unpaired) electrons. The van der Waals surface area contributed by atoms with Gasteiger partial charge in [-0.15, -0.1) is 0 Å². The summed E-state index contributed by atoms with van der Waals surface area (Å²) in [4.78, 5) is 2.62. The van der Waals surface area contributed by atoms with Gasteiger partial charge in [-0.05, 0) is 51.3 Å². The van der Waals surface area contributed by atoms with Gasteiger partial charge < -0.3 is 14.4 Å². The first kappa shape index (κ1) is 16.6. The number of piperidine rings is 1. The first-order chi connectivity index (χ1) is 10.3. The fraction of sp³-hybridized carbons (Fsp3) is 0.778. The summed E-state index contributed by atoms with van der Waals surface area (Å²) < 4.78 is 10.9. The van der Waals surface area contributed by atoms with Crippen molar-refractivity contribution < 1.29 is 9.47 Å². The first-order valence-electron chi connectivity index (χ1n) is 8.57. The summed E-state index contributed by atoms with van der Waals surface area (Å²) in [7, 11) is 0. The van der Waals surface area contributed by atoms with Gasteiger partial charge >= 0.3 is 0 Å². The van der Waals surface area contributed by atoms with E-state index in [4.69, 9.17) is 9.47 Å². The zero-order chi connectivity index (χ0) is 14.9. The second-order valence-electron chi connectivity index (χ2n) is 6.37. The van der Waals surface area contributed by atoms with E-state index in [1.54, 1.807) is 0 Å². The highest BCUT2D eigenvalue weighted by atomic mass is 16.6. The van der Waals surface area contributed by atoms with Crippen LogP contribution in [0.3, 0.4) is 0 Å². The Labute approximate surface area is 130 Å². The number of rotatable bonds is 6. The lowest BCUT2D eigenvalue weighted by atomic mass is 9.92. The van der Waals surface area contributed by atoms with Crippen LogP contribution in [-0.4, -0.2) is 44.4 Å². The molecule has 21 heavy (non-hydrogen) atoms. The van der Waals surface area contributed by atoms with E-state index in [-0.39, 0.29) is 0 Å². The molecule has 2 heterocycles. The molecule has 3 heteroatoms. The zero-order valence-corrected chi connectivity index (χ0v) is 13.8. The molecule has 0 unspecified atom stereocenters. The van der Waals surface area contributed by atoms with Gasteiger partial charge in [0.2, 0.25) is 0 Å². The topological polar surface area (TPSA) is 21.7 Å². The Hall–Kier alpha value is -0.800. The van der Waals surface area contributed by atoms with E-state index >= 15 is 0 Å². The van der Waals surface area contributed by atoms with Crippen LogP contribution in [0.2, 0.25) is 0 Å². The summed E-state index contributed by atoms with van der Waals surface area (Å²) >= 11 is 0. The molecule has 0 bridgehead atoms. The van der Waals surface area contributed by atoms with E-state index in [2.05, 4.69) is 30.9 Å². The second kappa shape index (κ2) is 9.26. The number of ether oxygens (including phenoxy) is 2. The highest BCUT2D eigenvalue weighted by Gasteiger charge is 2.17. The molecule has 0 saturated carbocycles. The summed E-state index contributed by atoms with van der Waals surface area (Å²) in [6.07, 6.45) is 11.0. The van der Waals surface area contributed by atoms with E-state index in [1.807, 2.05) is 0 Å². The van der Waals surface area contributed by atoms with Gasteiger partial charge in [-0.3, -0.25) is 0 Å². The van der Waals surface area contributed by atoms with Crippen LogP contribution in [-0.2, 0) is 9.47 Å². The van der Waals surface area contributed by atoms with E-state index in [0.717, 1.165) is 18.1 Å². The minimum absolute atomic E-state index is 0.620. The van der Waals surface area contributed by atoms with Crippen molar-refractivity contribution in [2.75, 3.05) is 39.5 Å². The number of hydrogen-bond acceptors (Lipinski definition) is 3. The predicted octanol–water partition coefficient (Wildman–Crippen LogP) is 3.77. The Morgan fingerprint density at radius 2 is 2.10 bits per heavy atom. The SMILES string of the molecule is CCCC1CCN(CC/C(C)=C/C=C2\COCCO2)CC1. The maximum atomic E-state index is 5.54. The molecule has 0 atom stereocenters. The molecule has 3 nitrogen and oxygen atoms in total. The Morgan fingerprint density at radius 1 is 1.29 bits per heavy atom. The van der Waals surface area contributed by atoms with Gasteiger partial charge in [0.1, 0.15) is 19.0 Å². The molecule has 0 aromatic heterocycles. The van der Waals surface area contributed by atoms with Crippen LogP contribution < -0.4 is 0 Å². The van der Waals surface area contributed by atoms with Gasteiger partial charge in [0, 0.05) is 6.54 Å². The molecule has 120 valence electrons. The molecule has 2 saturated heterocycles. The number of nitrogens with zero attached hydrogens (tertiary/aromatic N) is 1. The maximum absolute atomic E-state index is 5.54. The Balaban J connectivity index is 1.65. The lowest BCUT2D eigenvalue weighted by Gasteiger charge is -2.31. The van der Waals surface area contributed by atoms with Crippen LogP contribution in [0.1, 0.15) is 46.0 Å². The maximum Gasteiger partial charge on any atom is 0.122 e. The minimum Gasteiger partial charge on any atom is -0.493 e. The smallest absolute Gasteiger partial charge is 0.122 e. The lowest BCUT2D eigenvalue weighted by molar-refractivity contribution is 0.0135. The number of allylic oxidation sites excluding steroid dienone is 2. The normalized spacial score (nSPS) is 24.3. The van der Waals surface area contributed by atoms with Crippen molar-refractivity contribution in [3.63, 3.8) is 0 Å². The van der Waals surface area contributed by atoms with Crippen molar-refractivity contribution in [2.24, 2.45) is 5.92 Å². The van der Waals surface area contributed by atoms with Crippen molar-refractivity contribution in [1.29, 1.82) is 0 Å². The van der Waals surface area contributed by atoms with Crippen molar-refractivity contribution >= 4 is 0 Å². The van der Waals surface area contributed by atoms with Crippen molar-refractivity contribution in [1.82, 2.24) is 4.90 Å². The highest BCUT2D eigenvalue weighted by Crippen LogP contribution is 2.22. The molecule has 2 aliphatic rings. The van der Waals surface area contributed by atoms with Crippen LogP contribution in [0.15, 0.2) is 23.5 Å². The minimum atomic E-state index is 0.620. The van der Waals surface area contributed by atoms with Gasteiger partial charge in [-0.25, -0.2) is 0 Å². The van der Waals surface area contributed by atoms with E-state index in [0.29, 0.717) is 19.8 Å². The molecule has 0 amide bonds. The van der Waals surface area contributed by atoms with Gasteiger partial charge in [0.25, 0.3) is 0 Å². The average Bonchev–Trinajstić information content (AvgIpc) is 2.53. The predicted molar refractivity (Wildman–Crippen MR) is 87.3 cm³/mol. The van der Waals surface area contributed by atoms with Crippen molar-refractivity contribution in [3.8, 4) is 0 Å². The summed E-state index contributed by atoms with van der Waals surface area (Å²) in [5.74, 6) is 1.94. The Bertz CT molecular complexity index is 346. The molecule has 2 rings (SSSR count). The highest BCUT2D eigenvalue weighted by molar-refractivity contribution is 5.14. The molecular formula is C18H31NO2. The third-order valence-electron chi connectivity index (χ3n) is 4.54. The van der Waals surface area contributed by atoms with Crippen LogP contribution >= 0.6 is 0 Å². The van der Waals surface area contributed by atoms with Crippen LogP contribution in [0, 0.1) is 5.92 Å². The standard InChI is InChI=1S/C18H31NO2/c1-3-4-17-8-11-19(12-9-17)10-7-16(2)5-6-18-15-20-13-14-21-18/h5-6,17H,3-4,7-15H2,1-2H3/b16-5+,18-6+. The van der Waals surface area contributed by atoms with Crippen molar-refractivity contribution in [2.45, 2.75) is 46.0 Å². The van der Waals surface area contributed by atoms with Gasteiger partial charge in [0.05, 0.1) is 6.61 Å². The largest absolute Gasteiger partial charge is 0.493 e. The zero-order valence-electron chi connectivity index (χ0n) is 13.8. The van der Waals surface area contributed by atoms with Gasteiger partial charge in [-0.2, -0.15) is 0 Å². The molecule has 0 aromatic carbocycles. The fourth-order valence-electron chi connectivity index (χ4n) is 3.10. The Morgan fingerprint density at radius 3 is 2.76 bits per heavy atom. The average molecular weight is 293 g/mol. The summed E-state index contributed by atoms with van der Waals surface area (Å²) in [5.41, 5.74) is 1.42. The van der Waals surface area contributed by atoms with E-state index < -0.39 is 0 Å². The van der Waals surface area contributed by atoms with Crippen LogP contribution in [0.25, 0.3) is 0 Å². The van der Waals surface area contributed by atoms with Crippen molar-refractivity contribution in [3.05, 3.63) is 23.5 Å². The molecular weight excluding hydrogens is 262 g/mol. The molecule has 0 spiro atoms. The number of hydrogen-bond donors (Lipinski definition) is 0. The molecule has 0 aromatic rings. The third kappa shape index (κ3) is 6.23. The molecule has 2 fully saturated rings. The lowest BCUT2D eigenvalue weighted by Crippen LogP contribution is -2.34.